The predicted octanol–water partition coefficient (Wildman–Crippen LogP) is 0.880. The lowest BCUT2D eigenvalue weighted by Crippen LogP contribution is -2.11. The number of rotatable bonds is 1. The molecular formula is C9H9N3O. The number of hydrogen-bond acceptors (Lipinski definition) is 3. The summed E-state index contributed by atoms with van der Waals surface area (Å²) in [6, 6.07) is 1.74. The van der Waals surface area contributed by atoms with E-state index in [0.29, 0.717) is 16.7 Å². The van der Waals surface area contributed by atoms with Crippen LogP contribution in [0.2, 0.25) is 0 Å². The first-order chi connectivity index (χ1) is 6.31. The maximum Gasteiger partial charge on any atom is 0.260 e. The van der Waals surface area contributed by atoms with Crippen LogP contribution < -0.4 is 5.56 Å². The predicted molar refractivity (Wildman–Crippen MR) is 49.5 cm³/mol. The van der Waals surface area contributed by atoms with Crippen molar-refractivity contribution in [1.82, 2.24) is 15.0 Å². The van der Waals surface area contributed by atoms with Gasteiger partial charge < -0.3 is 4.98 Å². The van der Waals surface area contributed by atoms with Gasteiger partial charge in [0.15, 0.2) is 0 Å². The van der Waals surface area contributed by atoms with Gasteiger partial charge in [0.25, 0.3) is 5.56 Å². The summed E-state index contributed by atoms with van der Waals surface area (Å²) in [5, 5.41) is 0.541. The van der Waals surface area contributed by atoms with Crippen molar-refractivity contribution in [3.8, 4) is 0 Å². The molecule has 4 nitrogen and oxygen atoms in total. The molecular weight excluding hydrogens is 166 g/mol. The highest BCUT2D eigenvalue weighted by molar-refractivity contribution is 5.75. The SMILES string of the molecule is CCc1nc2ccncc2c(=O)[nH]1. The molecule has 0 unspecified atom stereocenters. The number of aromatic nitrogens is 3. The van der Waals surface area contributed by atoms with Crippen LogP contribution in [-0.2, 0) is 6.42 Å². The first-order valence-corrected chi connectivity index (χ1v) is 4.14. The Bertz CT molecular complexity index is 489. The molecule has 2 aromatic heterocycles. The van der Waals surface area contributed by atoms with Crippen LogP contribution in [0.4, 0.5) is 0 Å². The van der Waals surface area contributed by atoms with Crippen molar-refractivity contribution in [2.75, 3.05) is 0 Å². The molecule has 0 aliphatic carbocycles. The summed E-state index contributed by atoms with van der Waals surface area (Å²) in [5.74, 6) is 0.712. The molecule has 0 spiro atoms. The number of fused-ring (bicyclic) bond motifs is 1. The van der Waals surface area contributed by atoms with E-state index in [1.54, 1.807) is 12.3 Å². The molecule has 0 radical (unpaired) electrons. The van der Waals surface area contributed by atoms with Crippen molar-refractivity contribution in [1.29, 1.82) is 0 Å². The fourth-order valence-electron chi connectivity index (χ4n) is 1.20. The molecule has 0 bridgehead atoms. The van der Waals surface area contributed by atoms with Crippen molar-refractivity contribution >= 4 is 10.9 Å². The highest BCUT2D eigenvalue weighted by Gasteiger charge is 2.00. The average Bonchev–Trinajstić information content (AvgIpc) is 2.18. The maximum atomic E-state index is 11.4. The Balaban J connectivity index is 2.85. The number of hydrogen-bond donors (Lipinski definition) is 1. The zero-order chi connectivity index (χ0) is 9.26. The van der Waals surface area contributed by atoms with Crippen LogP contribution in [0.5, 0.6) is 0 Å². The Morgan fingerprint density at radius 1 is 1.54 bits per heavy atom. The average molecular weight is 175 g/mol. The topological polar surface area (TPSA) is 58.6 Å². The van der Waals surface area contributed by atoms with E-state index in [1.807, 2.05) is 6.92 Å². The van der Waals surface area contributed by atoms with Gasteiger partial charge in [-0.15, -0.1) is 0 Å². The van der Waals surface area contributed by atoms with Gasteiger partial charge in [0, 0.05) is 18.8 Å². The van der Waals surface area contributed by atoms with Gasteiger partial charge in [-0.25, -0.2) is 4.98 Å². The van der Waals surface area contributed by atoms with Gasteiger partial charge in [-0.3, -0.25) is 9.78 Å². The molecule has 0 amide bonds. The molecule has 0 aromatic carbocycles. The van der Waals surface area contributed by atoms with E-state index in [2.05, 4.69) is 15.0 Å². The van der Waals surface area contributed by atoms with Gasteiger partial charge in [0.05, 0.1) is 10.9 Å². The summed E-state index contributed by atoms with van der Waals surface area (Å²) in [5.41, 5.74) is 0.588. The van der Waals surface area contributed by atoms with Gasteiger partial charge in [-0.05, 0) is 6.07 Å². The molecule has 2 aromatic rings. The molecule has 0 aliphatic rings. The lowest BCUT2D eigenvalue weighted by molar-refractivity contribution is 0.943. The molecule has 0 saturated heterocycles. The Morgan fingerprint density at radius 2 is 2.38 bits per heavy atom. The molecule has 1 N–H and O–H groups in total. The fourth-order valence-corrected chi connectivity index (χ4v) is 1.20. The highest BCUT2D eigenvalue weighted by atomic mass is 16.1. The van der Waals surface area contributed by atoms with Crippen LogP contribution in [0.1, 0.15) is 12.7 Å². The van der Waals surface area contributed by atoms with E-state index in [0.717, 1.165) is 6.42 Å². The van der Waals surface area contributed by atoms with Crippen molar-refractivity contribution in [2.24, 2.45) is 0 Å². The van der Waals surface area contributed by atoms with Crippen LogP contribution in [-0.4, -0.2) is 15.0 Å². The molecule has 4 heteroatoms. The second kappa shape index (κ2) is 2.97. The number of H-pyrrole nitrogens is 1. The van der Waals surface area contributed by atoms with E-state index < -0.39 is 0 Å². The quantitative estimate of drug-likeness (QED) is 0.699. The monoisotopic (exact) mass is 175 g/mol. The number of aryl methyl sites for hydroxylation is 1. The molecule has 2 heterocycles. The summed E-state index contributed by atoms with van der Waals surface area (Å²) < 4.78 is 0. The van der Waals surface area contributed by atoms with E-state index >= 15 is 0 Å². The minimum absolute atomic E-state index is 0.116. The summed E-state index contributed by atoms with van der Waals surface area (Å²) in [6.45, 7) is 1.95. The number of nitrogens with one attached hydrogen (secondary N) is 1. The van der Waals surface area contributed by atoms with E-state index in [9.17, 15) is 4.79 Å². The lowest BCUT2D eigenvalue weighted by atomic mass is 10.3. The summed E-state index contributed by atoms with van der Waals surface area (Å²) in [7, 11) is 0. The normalized spacial score (nSPS) is 10.5. The van der Waals surface area contributed by atoms with Gasteiger partial charge in [0.2, 0.25) is 0 Å². The third-order valence-corrected chi connectivity index (χ3v) is 1.89. The van der Waals surface area contributed by atoms with Crippen LogP contribution >= 0.6 is 0 Å². The van der Waals surface area contributed by atoms with E-state index in [4.69, 9.17) is 0 Å². The standard InChI is InChI=1S/C9H9N3O/c1-2-8-11-7-3-4-10-5-6(7)9(13)12-8/h3-5H,2H2,1H3,(H,11,12,13). The zero-order valence-electron chi connectivity index (χ0n) is 7.24. The van der Waals surface area contributed by atoms with Crippen LogP contribution in [0, 0.1) is 0 Å². The second-order valence-electron chi connectivity index (χ2n) is 2.76. The molecule has 0 aliphatic heterocycles. The van der Waals surface area contributed by atoms with Gasteiger partial charge in [-0.2, -0.15) is 0 Å². The Morgan fingerprint density at radius 3 is 3.15 bits per heavy atom. The first kappa shape index (κ1) is 7.91. The number of aromatic amines is 1. The highest BCUT2D eigenvalue weighted by Crippen LogP contribution is 2.03. The minimum atomic E-state index is -0.116. The Labute approximate surface area is 74.7 Å². The molecule has 66 valence electrons. The zero-order valence-corrected chi connectivity index (χ0v) is 7.24. The van der Waals surface area contributed by atoms with Gasteiger partial charge in [0.1, 0.15) is 5.82 Å². The molecule has 0 fully saturated rings. The first-order valence-electron chi connectivity index (χ1n) is 4.14. The maximum absolute atomic E-state index is 11.4. The third kappa shape index (κ3) is 1.30. The van der Waals surface area contributed by atoms with Crippen molar-refractivity contribution in [3.63, 3.8) is 0 Å². The Hall–Kier alpha value is -1.71. The van der Waals surface area contributed by atoms with Crippen molar-refractivity contribution < 1.29 is 0 Å². The van der Waals surface area contributed by atoms with Gasteiger partial charge >= 0.3 is 0 Å². The van der Waals surface area contributed by atoms with Crippen LogP contribution in [0.25, 0.3) is 10.9 Å². The molecule has 2 rings (SSSR count). The van der Waals surface area contributed by atoms with Crippen molar-refractivity contribution in [2.45, 2.75) is 13.3 Å². The second-order valence-corrected chi connectivity index (χ2v) is 2.76. The number of nitrogens with zero attached hydrogens (tertiary/aromatic N) is 2. The Kier molecular flexibility index (Phi) is 1.81. The summed E-state index contributed by atoms with van der Waals surface area (Å²) in [4.78, 5) is 22.2. The van der Waals surface area contributed by atoms with E-state index in [1.165, 1.54) is 6.20 Å². The third-order valence-electron chi connectivity index (χ3n) is 1.89. The van der Waals surface area contributed by atoms with Crippen molar-refractivity contribution in [3.05, 3.63) is 34.6 Å². The molecule has 0 atom stereocenters. The smallest absolute Gasteiger partial charge is 0.260 e. The molecule has 0 saturated carbocycles. The van der Waals surface area contributed by atoms with Gasteiger partial charge in [-0.1, -0.05) is 6.92 Å². The van der Waals surface area contributed by atoms with Crippen LogP contribution in [0.3, 0.4) is 0 Å². The molecule has 13 heavy (non-hydrogen) atoms. The number of pyridine rings is 1. The largest absolute Gasteiger partial charge is 0.310 e. The minimum Gasteiger partial charge on any atom is -0.310 e. The fraction of sp³-hybridized carbons (Fsp3) is 0.222. The van der Waals surface area contributed by atoms with Crippen LogP contribution in [0.15, 0.2) is 23.3 Å². The summed E-state index contributed by atoms with van der Waals surface area (Å²) >= 11 is 0. The summed E-state index contributed by atoms with van der Waals surface area (Å²) in [6.07, 6.45) is 3.89. The lowest BCUT2D eigenvalue weighted by Gasteiger charge is -1.98. The van der Waals surface area contributed by atoms with E-state index in [-0.39, 0.29) is 5.56 Å².